The minimum absolute atomic E-state index is 0.0681. The fourth-order valence-electron chi connectivity index (χ4n) is 2.74. The van der Waals surface area contributed by atoms with Crippen molar-refractivity contribution in [2.24, 2.45) is 0 Å². The van der Waals surface area contributed by atoms with Crippen LogP contribution in [0.25, 0.3) is 0 Å². The number of alkyl halides is 3. The van der Waals surface area contributed by atoms with Gasteiger partial charge in [0.15, 0.2) is 5.75 Å². The zero-order valence-electron chi connectivity index (χ0n) is 12.3. The maximum absolute atomic E-state index is 13.2. The number of hydrogen-bond acceptors (Lipinski definition) is 4. The van der Waals surface area contributed by atoms with Gasteiger partial charge in [0, 0.05) is 16.8 Å². The average Bonchev–Trinajstić information content (AvgIpc) is 2.51. The number of hydrogen-bond donors (Lipinski definition) is 2. The van der Waals surface area contributed by atoms with E-state index in [0.29, 0.717) is 24.0 Å². The van der Waals surface area contributed by atoms with Crippen LogP contribution in [-0.2, 0) is 19.0 Å². The van der Waals surface area contributed by atoms with E-state index in [1.807, 2.05) is 0 Å². The van der Waals surface area contributed by atoms with Gasteiger partial charge < -0.3 is 10.5 Å². The van der Waals surface area contributed by atoms with Gasteiger partial charge >= 0.3 is 6.18 Å². The SMILES string of the molecule is Nc1cc(Cl)c(Oc2n[nH]c(=O)c3c2CCCC3)c(C(F)(F)F)c1. The second kappa shape index (κ2) is 6.01. The van der Waals surface area contributed by atoms with Crippen LogP contribution in [0.5, 0.6) is 11.6 Å². The molecule has 0 fully saturated rings. The van der Waals surface area contributed by atoms with Crippen molar-refractivity contribution in [2.75, 3.05) is 5.73 Å². The number of ether oxygens (including phenoxy) is 1. The Labute approximate surface area is 139 Å². The normalized spacial score (nSPS) is 14.3. The fraction of sp³-hybridized carbons (Fsp3) is 0.333. The Morgan fingerprint density at radius 3 is 2.54 bits per heavy atom. The monoisotopic (exact) mass is 359 g/mol. The molecule has 1 aliphatic rings. The van der Waals surface area contributed by atoms with E-state index in [1.54, 1.807) is 0 Å². The van der Waals surface area contributed by atoms with Crippen LogP contribution in [0.3, 0.4) is 0 Å². The zero-order valence-corrected chi connectivity index (χ0v) is 13.1. The van der Waals surface area contributed by atoms with Crippen LogP contribution in [0.2, 0.25) is 5.02 Å². The molecule has 0 unspecified atom stereocenters. The van der Waals surface area contributed by atoms with E-state index in [2.05, 4.69) is 10.2 Å². The molecule has 1 heterocycles. The Morgan fingerprint density at radius 1 is 1.21 bits per heavy atom. The average molecular weight is 360 g/mol. The van der Waals surface area contributed by atoms with Crippen molar-refractivity contribution in [1.82, 2.24) is 10.2 Å². The number of H-pyrrole nitrogens is 1. The van der Waals surface area contributed by atoms with E-state index in [0.717, 1.165) is 18.9 Å². The number of fused-ring (bicyclic) bond motifs is 1. The molecule has 0 aliphatic heterocycles. The molecule has 0 spiro atoms. The Bertz CT molecular complexity index is 849. The standard InChI is InChI=1S/C15H13ClF3N3O2/c16-11-6-7(20)5-10(15(17,18)19)12(11)24-14-9-4-2-1-3-8(9)13(23)21-22-14/h5-6H,1-4,20H2,(H,21,23). The Kier molecular flexibility index (Phi) is 4.16. The molecule has 0 amide bonds. The lowest BCUT2D eigenvalue weighted by Gasteiger charge is -2.19. The third-order valence-electron chi connectivity index (χ3n) is 3.83. The molecule has 24 heavy (non-hydrogen) atoms. The summed E-state index contributed by atoms with van der Waals surface area (Å²) in [5.74, 6) is -0.646. The van der Waals surface area contributed by atoms with Crippen molar-refractivity contribution < 1.29 is 17.9 Å². The molecule has 0 bridgehead atoms. The van der Waals surface area contributed by atoms with Crippen LogP contribution in [0.1, 0.15) is 29.5 Å². The van der Waals surface area contributed by atoms with Crippen molar-refractivity contribution in [3.05, 3.63) is 44.2 Å². The number of nitrogen functional groups attached to an aromatic ring is 1. The van der Waals surface area contributed by atoms with Crippen molar-refractivity contribution >= 4 is 17.3 Å². The number of aromatic nitrogens is 2. The summed E-state index contributed by atoms with van der Waals surface area (Å²) in [5, 5.41) is 5.74. The fourth-order valence-corrected chi connectivity index (χ4v) is 3.00. The van der Waals surface area contributed by atoms with Gasteiger partial charge in [0.2, 0.25) is 5.88 Å². The first-order valence-corrected chi connectivity index (χ1v) is 7.59. The zero-order chi connectivity index (χ0) is 17.5. The molecule has 3 rings (SSSR count). The number of benzene rings is 1. The molecule has 1 aliphatic carbocycles. The van der Waals surface area contributed by atoms with Crippen LogP contribution in [-0.4, -0.2) is 10.2 Å². The molecule has 1 aromatic carbocycles. The van der Waals surface area contributed by atoms with Crippen LogP contribution in [0.4, 0.5) is 18.9 Å². The Morgan fingerprint density at radius 2 is 1.88 bits per heavy atom. The van der Waals surface area contributed by atoms with Crippen molar-refractivity contribution in [3.63, 3.8) is 0 Å². The largest absolute Gasteiger partial charge is 0.435 e. The molecule has 5 nitrogen and oxygen atoms in total. The lowest BCUT2D eigenvalue weighted by atomic mass is 9.94. The van der Waals surface area contributed by atoms with Crippen molar-refractivity contribution in [2.45, 2.75) is 31.9 Å². The van der Waals surface area contributed by atoms with E-state index in [9.17, 15) is 18.0 Å². The Balaban J connectivity index is 2.12. The molecule has 0 atom stereocenters. The van der Waals surface area contributed by atoms with Crippen LogP contribution in [0, 0.1) is 0 Å². The summed E-state index contributed by atoms with van der Waals surface area (Å²) in [4.78, 5) is 11.8. The van der Waals surface area contributed by atoms with Gasteiger partial charge in [-0.15, -0.1) is 5.10 Å². The lowest BCUT2D eigenvalue weighted by molar-refractivity contribution is -0.138. The summed E-state index contributed by atoms with van der Waals surface area (Å²) in [6.45, 7) is 0. The molecular weight excluding hydrogens is 347 g/mol. The van der Waals surface area contributed by atoms with Crippen molar-refractivity contribution in [3.8, 4) is 11.6 Å². The molecule has 2 aromatic rings. The molecule has 0 saturated heterocycles. The van der Waals surface area contributed by atoms with Gasteiger partial charge in [-0.3, -0.25) is 4.79 Å². The highest BCUT2D eigenvalue weighted by Crippen LogP contribution is 2.44. The van der Waals surface area contributed by atoms with Gasteiger partial charge in [0.1, 0.15) is 5.56 Å². The maximum Gasteiger partial charge on any atom is 0.420 e. The number of nitrogens with one attached hydrogen (secondary N) is 1. The predicted molar refractivity (Wildman–Crippen MR) is 82.4 cm³/mol. The number of rotatable bonds is 2. The van der Waals surface area contributed by atoms with Gasteiger partial charge in [-0.1, -0.05) is 11.6 Å². The maximum atomic E-state index is 13.2. The smallest absolute Gasteiger partial charge is 0.420 e. The second-order valence-corrected chi connectivity index (χ2v) is 5.91. The highest BCUT2D eigenvalue weighted by atomic mass is 35.5. The number of anilines is 1. The summed E-state index contributed by atoms with van der Waals surface area (Å²) in [7, 11) is 0. The van der Waals surface area contributed by atoms with E-state index >= 15 is 0 Å². The summed E-state index contributed by atoms with van der Waals surface area (Å²) < 4.78 is 45.1. The van der Waals surface area contributed by atoms with Crippen LogP contribution < -0.4 is 16.0 Å². The topological polar surface area (TPSA) is 81.0 Å². The quantitative estimate of drug-likeness (QED) is 0.801. The molecule has 128 valence electrons. The van der Waals surface area contributed by atoms with E-state index in [1.165, 1.54) is 6.07 Å². The second-order valence-electron chi connectivity index (χ2n) is 5.50. The van der Waals surface area contributed by atoms with Gasteiger partial charge in [-0.2, -0.15) is 13.2 Å². The first-order chi connectivity index (χ1) is 11.3. The lowest BCUT2D eigenvalue weighted by Crippen LogP contribution is -2.21. The minimum Gasteiger partial charge on any atom is -0.435 e. The highest BCUT2D eigenvalue weighted by molar-refractivity contribution is 6.32. The minimum atomic E-state index is -4.70. The van der Waals surface area contributed by atoms with Crippen LogP contribution in [0.15, 0.2) is 16.9 Å². The van der Waals surface area contributed by atoms with Gasteiger partial charge in [0.25, 0.3) is 5.56 Å². The third-order valence-corrected chi connectivity index (χ3v) is 4.11. The predicted octanol–water partition coefficient (Wildman–Crippen LogP) is 3.70. The summed E-state index contributed by atoms with van der Waals surface area (Å²) in [6.07, 6.45) is -2.02. The first kappa shape index (κ1) is 16.6. The third kappa shape index (κ3) is 3.06. The summed E-state index contributed by atoms with van der Waals surface area (Å²) in [6, 6.07) is 1.92. The molecule has 3 N–H and O–H groups in total. The Hall–Kier alpha value is -2.22. The van der Waals surface area contributed by atoms with Crippen LogP contribution >= 0.6 is 11.6 Å². The first-order valence-electron chi connectivity index (χ1n) is 7.22. The van der Waals surface area contributed by atoms with Gasteiger partial charge in [-0.05, 0) is 37.8 Å². The summed E-state index contributed by atoms with van der Waals surface area (Å²) >= 11 is 5.90. The number of aromatic amines is 1. The van der Waals surface area contributed by atoms with Crippen molar-refractivity contribution in [1.29, 1.82) is 0 Å². The highest BCUT2D eigenvalue weighted by Gasteiger charge is 2.36. The van der Waals surface area contributed by atoms with Gasteiger partial charge in [0.05, 0.1) is 5.02 Å². The van der Waals surface area contributed by atoms with E-state index in [4.69, 9.17) is 22.1 Å². The molecule has 0 radical (unpaired) electrons. The molecule has 0 saturated carbocycles. The number of nitrogens with two attached hydrogens (primary N) is 1. The number of nitrogens with zero attached hydrogens (tertiary/aromatic N) is 1. The molecule has 9 heteroatoms. The molecule has 1 aromatic heterocycles. The van der Waals surface area contributed by atoms with Gasteiger partial charge in [-0.25, -0.2) is 5.10 Å². The summed E-state index contributed by atoms with van der Waals surface area (Å²) in [5.41, 5.74) is 4.89. The van der Waals surface area contributed by atoms with E-state index < -0.39 is 17.5 Å². The van der Waals surface area contributed by atoms with E-state index in [-0.39, 0.29) is 22.1 Å². The molecular formula is C15H13ClF3N3O2. The number of halogens is 4.